The van der Waals surface area contributed by atoms with Crippen LogP contribution in [0.4, 0.5) is 4.39 Å². The maximum Gasteiger partial charge on any atom is 0.255 e. The van der Waals surface area contributed by atoms with Crippen molar-refractivity contribution in [1.29, 1.82) is 0 Å². The molecule has 3 aromatic rings. The van der Waals surface area contributed by atoms with Crippen molar-refractivity contribution in [2.75, 3.05) is 13.1 Å². The van der Waals surface area contributed by atoms with Gasteiger partial charge in [0.25, 0.3) is 5.91 Å². The Bertz CT molecular complexity index is 1340. The van der Waals surface area contributed by atoms with Crippen molar-refractivity contribution in [3.8, 4) is 11.3 Å². The number of likely N-dealkylation sites (tertiary alicyclic amines) is 1. The van der Waals surface area contributed by atoms with E-state index in [9.17, 15) is 14.4 Å². The minimum Gasteiger partial charge on any atom is -0.322 e. The molecule has 2 aromatic heterocycles. The van der Waals surface area contributed by atoms with Gasteiger partial charge in [-0.2, -0.15) is 0 Å². The zero-order chi connectivity index (χ0) is 23.4. The van der Waals surface area contributed by atoms with Gasteiger partial charge in [-0.25, -0.2) is 9.37 Å². The van der Waals surface area contributed by atoms with Crippen LogP contribution in [0.1, 0.15) is 47.2 Å². The highest BCUT2D eigenvalue weighted by Crippen LogP contribution is 2.35. The van der Waals surface area contributed by atoms with Crippen LogP contribution >= 0.6 is 0 Å². The van der Waals surface area contributed by atoms with E-state index in [0.717, 1.165) is 30.7 Å². The largest absolute Gasteiger partial charge is 0.322 e. The lowest BCUT2D eigenvalue weighted by molar-refractivity contribution is -0.136. The average Bonchev–Trinajstić information content (AvgIpc) is 3.55. The number of imide groups is 1. The summed E-state index contributed by atoms with van der Waals surface area (Å²) in [6.45, 7) is 2.92. The summed E-state index contributed by atoms with van der Waals surface area (Å²) in [5, 5.41) is 2.28. The molecule has 34 heavy (non-hydrogen) atoms. The van der Waals surface area contributed by atoms with Crippen molar-refractivity contribution in [1.82, 2.24) is 24.5 Å². The first-order valence-corrected chi connectivity index (χ1v) is 11.6. The van der Waals surface area contributed by atoms with E-state index in [0.29, 0.717) is 11.3 Å². The minimum absolute atomic E-state index is 0.000652. The molecule has 0 radical (unpaired) electrons. The van der Waals surface area contributed by atoms with Gasteiger partial charge in [-0.1, -0.05) is 0 Å². The van der Waals surface area contributed by atoms with E-state index in [4.69, 9.17) is 0 Å². The summed E-state index contributed by atoms with van der Waals surface area (Å²) >= 11 is 0. The number of pyridine rings is 1. The number of hydrogen-bond donors (Lipinski definition) is 1. The third-order valence-corrected chi connectivity index (χ3v) is 7.11. The second kappa shape index (κ2) is 8.02. The Labute approximate surface area is 195 Å². The Hall–Kier alpha value is -3.59. The van der Waals surface area contributed by atoms with Crippen molar-refractivity contribution >= 4 is 23.2 Å². The number of carbonyl (C=O) groups excluding carboxylic acids is 3. The van der Waals surface area contributed by atoms with Gasteiger partial charge in [0.1, 0.15) is 11.9 Å². The average molecular weight is 461 g/mol. The summed E-state index contributed by atoms with van der Waals surface area (Å²) in [5.41, 5.74) is 3.59. The van der Waals surface area contributed by atoms with Crippen LogP contribution < -0.4 is 5.32 Å². The second-order valence-corrected chi connectivity index (χ2v) is 9.27. The lowest BCUT2D eigenvalue weighted by Gasteiger charge is -2.29. The number of hydrogen-bond acceptors (Lipinski definition) is 5. The van der Waals surface area contributed by atoms with Crippen LogP contribution in [0.25, 0.3) is 16.8 Å². The van der Waals surface area contributed by atoms with Crippen LogP contribution in [0.5, 0.6) is 0 Å². The molecule has 6 rings (SSSR count). The number of nitrogens with one attached hydrogen (secondary N) is 1. The number of rotatable bonds is 4. The lowest BCUT2D eigenvalue weighted by Crippen LogP contribution is -2.52. The Morgan fingerprint density at radius 1 is 1.09 bits per heavy atom. The molecule has 0 saturated carbocycles. The van der Waals surface area contributed by atoms with Gasteiger partial charge in [0.05, 0.1) is 30.3 Å². The first-order chi connectivity index (χ1) is 16.5. The molecular formula is C25H24FN5O3. The standard InChI is InChI=1S/C25H24FN5O3/c26-23-18(21-10-15(12-29-7-1-2-8-29)9-16-11-27-14-31(16)21)4-3-17-19(23)13-30(25(17)34)20-5-6-22(32)28-24(20)33/h3-4,9-11,14,20H,1-2,5-8,12-13H2,(H,28,32,33). The van der Waals surface area contributed by atoms with Crippen LogP contribution in [-0.2, 0) is 22.7 Å². The van der Waals surface area contributed by atoms with Crippen LogP contribution in [0.2, 0.25) is 0 Å². The van der Waals surface area contributed by atoms with Crippen molar-refractivity contribution in [3.63, 3.8) is 0 Å². The number of fused-ring (bicyclic) bond motifs is 2. The number of piperidine rings is 1. The van der Waals surface area contributed by atoms with Gasteiger partial charge in [0.15, 0.2) is 0 Å². The van der Waals surface area contributed by atoms with Crippen molar-refractivity contribution in [3.05, 3.63) is 59.3 Å². The Morgan fingerprint density at radius 2 is 1.88 bits per heavy atom. The molecular weight excluding hydrogens is 437 g/mol. The van der Waals surface area contributed by atoms with Gasteiger partial charge in [-0.15, -0.1) is 0 Å². The molecule has 1 atom stereocenters. The fourth-order valence-electron chi connectivity index (χ4n) is 5.39. The summed E-state index contributed by atoms with van der Waals surface area (Å²) < 4.78 is 17.8. The van der Waals surface area contributed by atoms with E-state index in [1.54, 1.807) is 24.7 Å². The predicted octanol–water partition coefficient (Wildman–Crippen LogP) is 2.50. The SMILES string of the molecule is O=C1CCC(N2Cc3c(ccc(-c4cc(CN5CCCC5)cc5cncn45)c3F)C2=O)C(=O)N1. The van der Waals surface area contributed by atoms with Gasteiger partial charge < -0.3 is 4.90 Å². The summed E-state index contributed by atoms with van der Waals surface area (Å²) in [7, 11) is 0. The van der Waals surface area contributed by atoms with Gasteiger partial charge in [-0.05, 0) is 62.2 Å². The Balaban J connectivity index is 1.37. The monoisotopic (exact) mass is 461 g/mol. The zero-order valence-corrected chi connectivity index (χ0v) is 18.6. The molecule has 1 N–H and O–H groups in total. The molecule has 174 valence electrons. The number of halogens is 1. The first-order valence-electron chi connectivity index (χ1n) is 11.6. The highest BCUT2D eigenvalue weighted by atomic mass is 19.1. The van der Waals surface area contributed by atoms with Crippen LogP contribution in [-0.4, -0.2) is 56.0 Å². The maximum absolute atomic E-state index is 15.9. The van der Waals surface area contributed by atoms with E-state index >= 15 is 4.39 Å². The predicted molar refractivity (Wildman–Crippen MR) is 121 cm³/mol. The lowest BCUT2D eigenvalue weighted by atomic mass is 10.0. The molecule has 3 amide bonds. The number of carbonyl (C=O) groups is 3. The van der Waals surface area contributed by atoms with Gasteiger partial charge >= 0.3 is 0 Å². The van der Waals surface area contributed by atoms with Gasteiger partial charge in [0.2, 0.25) is 11.8 Å². The van der Waals surface area contributed by atoms with Crippen LogP contribution in [0.3, 0.4) is 0 Å². The van der Waals surface area contributed by atoms with E-state index in [1.165, 1.54) is 17.7 Å². The van der Waals surface area contributed by atoms with Gasteiger partial charge in [0, 0.05) is 29.7 Å². The molecule has 1 aromatic carbocycles. The summed E-state index contributed by atoms with van der Waals surface area (Å²) in [6, 6.07) is 6.57. The summed E-state index contributed by atoms with van der Waals surface area (Å²) in [6.07, 6.45) is 6.21. The molecule has 3 aliphatic rings. The number of amides is 3. The van der Waals surface area contributed by atoms with E-state index in [-0.39, 0.29) is 42.3 Å². The topological polar surface area (TPSA) is 87.0 Å². The number of nitrogens with zero attached hydrogens (tertiary/aromatic N) is 4. The van der Waals surface area contributed by atoms with Crippen LogP contribution in [0, 0.1) is 5.82 Å². The molecule has 0 aliphatic carbocycles. The highest BCUT2D eigenvalue weighted by Gasteiger charge is 2.40. The van der Waals surface area contributed by atoms with E-state index in [1.807, 2.05) is 10.5 Å². The molecule has 8 nitrogen and oxygen atoms in total. The van der Waals surface area contributed by atoms with Crippen molar-refractivity contribution in [2.45, 2.75) is 44.8 Å². The Kier molecular flexibility index (Phi) is 4.95. The molecule has 2 saturated heterocycles. The van der Waals surface area contributed by atoms with Crippen LogP contribution in [0.15, 0.2) is 36.8 Å². The fraction of sp³-hybridized carbons (Fsp3) is 0.360. The highest BCUT2D eigenvalue weighted by molar-refractivity contribution is 6.05. The van der Waals surface area contributed by atoms with Crippen molar-refractivity contribution in [2.24, 2.45) is 0 Å². The summed E-state index contributed by atoms with van der Waals surface area (Å²) in [5.74, 6) is -1.70. The summed E-state index contributed by atoms with van der Waals surface area (Å²) in [4.78, 5) is 44.9. The minimum atomic E-state index is -0.774. The number of imidazole rings is 1. The van der Waals surface area contributed by atoms with E-state index < -0.39 is 17.8 Å². The third kappa shape index (κ3) is 3.38. The fourth-order valence-corrected chi connectivity index (χ4v) is 5.39. The Morgan fingerprint density at radius 3 is 2.68 bits per heavy atom. The molecule has 0 bridgehead atoms. The first kappa shape index (κ1) is 21.0. The zero-order valence-electron chi connectivity index (χ0n) is 18.6. The molecule has 3 aliphatic heterocycles. The second-order valence-electron chi connectivity index (χ2n) is 9.27. The number of aromatic nitrogens is 2. The molecule has 5 heterocycles. The normalized spacial score (nSPS) is 20.9. The smallest absolute Gasteiger partial charge is 0.255 e. The number of benzene rings is 1. The quantitative estimate of drug-likeness (QED) is 0.604. The van der Waals surface area contributed by atoms with E-state index in [2.05, 4.69) is 21.3 Å². The maximum atomic E-state index is 15.9. The third-order valence-electron chi connectivity index (χ3n) is 7.11. The van der Waals surface area contributed by atoms with Crippen molar-refractivity contribution < 1.29 is 18.8 Å². The van der Waals surface area contributed by atoms with Gasteiger partial charge in [-0.3, -0.25) is 29.0 Å². The molecule has 2 fully saturated rings. The molecule has 0 spiro atoms. The molecule has 9 heteroatoms. The molecule has 1 unspecified atom stereocenters.